The van der Waals surface area contributed by atoms with Crippen LogP contribution in [0.5, 0.6) is 0 Å². The van der Waals surface area contributed by atoms with Crippen molar-refractivity contribution < 1.29 is 13.9 Å². The Morgan fingerprint density at radius 1 is 1.21 bits per heavy atom. The summed E-state index contributed by atoms with van der Waals surface area (Å²) in [5.41, 5.74) is 2.53. The number of anilines is 1. The summed E-state index contributed by atoms with van der Waals surface area (Å²) < 4.78 is 20.7. The van der Waals surface area contributed by atoms with Gasteiger partial charge in [0, 0.05) is 16.5 Å². The summed E-state index contributed by atoms with van der Waals surface area (Å²) in [5.74, 6) is 0.392. The van der Waals surface area contributed by atoms with Gasteiger partial charge in [0.2, 0.25) is 0 Å². The Bertz CT molecular complexity index is 1180. The molecule has 2 aliphatic rings. The van der Waals surface area contributed by atoms with Gasteiger partial charge in [-0.1, -0.05) is 80.4 Å². The Kier molecular flexibility index (Phi) is 7.63. The second kappa shape index (κ2) is 10.8. The van der Waals surface area contributed by atoms with Gasteiger partial charge in [0.05, 0.1) is 5.69 Å². The average molecular weight is 479 g/mol. The lowest BCUT2D eigenvalue weighted by Gasteiger charge is -2.13. The minimum absolute atomic E-state index is 0.0512. The SMILES string of the molecule is CCCC(CC)C(=O)c1ccc(-c2ccc(NC3=NC4C=CC/C=C(Cl)\C=C/4O3)c(F)c2)cc1. The number of fused-ring (bicyclic) bond motifs is 1. The number of benzene rings is 2. The summed E-state index contributed by atoms with van der Waals surface area (Å²) in [6, 6.07) is 12.3. The van der Waals surface area contributed by atoms with Crippen molar-refractivity contribution in [2.24, 2.45) is 10.9 Å². The smallest absolute Gasteiger partial charge is 0.295 e. The molecule has 2 atom stereocenters. The molecule has 4 rings (SSSR count). The summed E-state index contributed by atoms with van der Waals surface area (Å²) >= 11 is 6.15. The van der Waals surface area contributed by atoms with Crippen LogP contribution in [0.15, 0.2) is 82.6 Å². The van der Waals surface area contributed by atoms with Gasteiger partial charge in [-0.05, 0) is 48.6 Å². The molecule has 34 heavy (non-hydrogen) atoms. The van der Waals surface area contributed by atoms with Gasteiger partial charge >= 0.3 is 0 Å². The predicted molar refractivity (Wildman–Crippen MR) is 137 cm³/mol. The number of nitrogens with one attached hydrogen (secondary N) is 1. The van der Waals surface area contributed by atoms with E-state index in [1.807, 2.05) is 55.5 Å². The molecule has 2 aromatic rings. The van der Waals surface area contributed by atoms with Crippen LogP contribution in [0, 0.1) is 11.7 Å². The number of halogens is 2. The molecule has 1 N–H and O–H groups in total. The molecular formula is C28H28ClFN2O2. The average Bonchev–Trinajstić information content (AvgIpc) is 3.19. The van der Waals surface area contributed by atoms with Crippen molar-refractivity contribution in [1.29, 1.82) is 0 Å². The lowest BCUT2D eigenvalue weighted by atomic mass is 9.90. The van der Waals surface area contributed by atoms with Crippen LogP contribution in [0.1, 0.15) is 49.9 Å². The summed E-state index contributed by atoms with van der Waals surface area (Å²) in [5, 5.41) is 3.51. The van der Waals surface area contributed by atoms with Crippen molar-refractivity contribution in [3.8, 4) is 11.1 Å². The zero-order chi connectivity index (χ0) is 24.1. The summed E-state index contributed by atoms with van der Waals surface area (Å²) in [4.78, 5) is 17.2. The molecule has 2 unspecified atom stereocenters. The van der Waals surface area contributed by atoms with E-state index in [4.69, 9.17) is 16.3 Å². The van der Waals surface area contributed by atoms with Crippen LogP contribution in [0.25, 0.3) is 11.1 Å². The minimum atomic E-state index is -0.426. The number of carbonyl (C=O) groups excluding carboxylic acids is 1. The molecule has 0 radical (unpaired) electrons. The molecule has 1 aliphatic carbocycles. The highest BCUT2D eigenvalue weighted by molar-refractivity contribution is 6.31. The maximum atomic E-state index is 14.9. The van der Waals surface area contributed by atoms with Gasteiger partial charge < -0.3 is 10.1 Å². The molecule has 6 heteroatoms. The van der Waals surface area contributed by atoms with E-state index in [9.17, 15) is 9.18 Å². The molecule has 2 aromatic carbocycles. The van der Waals surface area contributed by atoms with E-state index in [0.717, 1.165) is 36.8 Å². The highest BCUT2D eigenvalue weighted by Gasteiger charge is 2.25. The summed E-state index contributed by atoms with van der Waals surface area (Å²) in [7, 11) is 0. The van der Waals surface area contributed by atoms with Crippen molar-refractivity contribution in [2.45, 2.75) is 45.6 Å². The van der Waals surface area contributed by atoms with Crippen molar-refractivity contribution in [3.63, 3.8) is 0 Å². The minimum Gasteiger partial charge on any atom is -0.428 e. The van der Waals surface area contributed by atoms with E-state index in [1.165, 1.54) is 6.07 Å². The highest BCUT2D eigenvalue weighted by atomic mass is 35.5. The molecule has 0 spiro atoms. The molecule has 0 saturated heterocycles. The van der Waals surface area contributed by atoms with Crippen molar-refractivity contribution in [3.05, 3.63) is 88.9 Å². The van der Waals surface area contributed by atoms with E-state index in [0.29, 0.717) is 16.4 Å². The quantitative estimate of drug-likeness (QED) is 0.328. The molecule has 1 heterocycles. The van der Waals surface area contributed by atoms with Crippen LogP contribution in [0.3, 0.4) is 0 Å². The lowest BCUT2D eigenvalue weighted by molar-refractivity contribution is 0.0909. The Hall–Kier alpha value is -3.18. The van der Waals surface area contributed by atoms with Gasteiger partial charge in [0.25, 0.3) is 6.02 Å². The number of Topliss-reactive ketones (excluding diaryl/α,β-unsaturated/α-hetero) is 1. The van der Waals surface area contributed by atoms with E-state index in [2.05, 4.69) is 17.2 Å². The number of carbonyl (C=O) groups is 1. The lowest BCUT2D eigenvalue weighted by Crippen LogP contribution is -2.13. The Morgan fingerprint density at radius 2 is 1.97 bits per heavy atom. The standard InChI is InChI=1S/C28H28ClFN2O2/c1-3-7-18(4-2)27(33)20-12-10-19(11-13-20)21-14-15-24(23(30)16-21)31-28-32-25-9-6-5-8-22(29)17-26(25)34-28/h6,8-18,25H,3-5,7H2,1-2H3,(H,31,32)/b9-6?,22-8+,26-17+. The van der Waals surface area contributed by atoms with Gasteiger partial charge in [0.1, 0.15) is 17.6 Å². The van der Waals surface area contributed by atoms with Crippen LogP contribution >= 0.6 is 11.6 Å². The fraction of sp³-hybridized carbons (Fsp3) is 0.286. The molecular weight excluding hydrogens is 451 g/mol. The molecule has 0 saturated carbocycles. The molecule has 176 valence electrons. The monoisotopic (exact) mass is 478 g/mol. The van der Waals surface area contributed by atoms with E-state index < -0.39 is 5.82 Å². The molecule has 0 fully saturated rings. The number of ketones is 1. The third-order valence-electron chi connectivity index (χ3n) is 6.02. The Labute approximate surface area is 204 Å². The van der Waals surface area contributed by atoms with Crippen LogP contribution in [0.4, 0.5) is 10.1 Å². The van der Waals surface area contributed by atoms with Crippen LogP contribution in [0.2, 0.25) is 0 Å². The fourth-order valence-electron chi connectivity index (χ4n) is 4.12. The molecule has 0 aromatic heterocycles. The predicted octanol–water partition coefficient (Wildman–Crippen LogP) is 7.63. The van der Waals surface area contributed by atoms with Gasteiger partial charge in [0.15, 0.2) is 5.78 Å². The van der Waals surface area contributed by atoms with Crippen LogP contribution in [-0.2, 0) is 4.74 Å². The number of amidine groups is 1. The topological polar surface area (TPSA) is 50.7 Å². The first-order valence-corrected chi connectivity index (χ1v) is 12.1. The van der Waals surface area contributed by atoms with Crippen molar-refractivity contribution in [2.75, 3.05) is 5.32 Å². The highest BCUT2D eigenvalue weighted by Crippen LogP contribution is 2.28. The first-order valence-electron chi connectivity index (χ1n) is 11.7. The van der Waals surface area contributed by atoms with E-state index >= 15 is 0 Å². The molecule has 0 bridgehead atoms. The zero-order valence-electron chi connectivity index (χ0n) is 19.4. The fourth-order valence-corrected chi connectivity index (χ4v) is 4.32. The second-order valence-electron chi connectivity index (χ2n) is 8.44. The first kappa shape index (κ1) is 24.0. The van der Waals surface area contributed by atoms with Gasteiger partial charge in [-0.3, -0.25) is 4.79 Å². The van der Waals surface area contributed by atoms with Gasteiger partial charge in [-0.25, -0.2) is 9.38 Å². The van der Waals surface area contributed by atoms with Gasteiger partial charge in [-0.2, -0.15) is 0 Å². The number of hydrogen-bond donors (Lipinski definition) is 1. The van der Waals surface area contributed by atoms with Crippen LogP contribution in [-0.4, -0.2) is 17.8 Å². The number of rotatable bonds is 7. The number of hydrogen-bond acceptors (Lipinski definition) is 4. The van der Waals surface area contributed by atoms with Crippen LogP contribution < -0.4 is 5.32 Å². The number of aliphatic imine (C=N–C) groups is 1. The number of allylic oxidation sites excluding steroid dienone is 4. The van der Waals surface area contributed by atoms with Crippen molar-refractivity contribution >= 4 is 29.1 Å². The first-order chi connectivity index (χ1) is 16.5. The van der Waals surface area contributed by atoms with Gasteiger partial charge in [-0.15, -0.1) is 0 Å². The third kappa shape index (κ3) is 5.48. The van der Waals surface area contributed by atoms with E-state index in [-0.39, 0.29) is 29.5 Å². The number of nitrogens with zero attached hydrogens (tertiary/aromatic N) is 1. The maximum Gasteiger partial charge on any atom is 0.295 e. The normalized spacial score (nSPS) is 21.1. The Balaban J connectivity index is 1.47. The second-order valence-corrected chi connectivity index (χ2v) is 8.87. The maximum absolute atomic E-state index is 14.9. The van der Waals surface area contributed by atoms with E-state index in [1.54, 1.807) is 12.1 Å². The number of ether oxygens (including phenoxy) is 1. The zero-order valence-corrected chi connectivity index (χ0v) is 20.1. The molecule has 1 aliphatic heterocycles. The van der Waals surface area contributed by atoms with Crippen molar-refractivity contribution in [1.82, 2.24) is 0 Å². The third-order valence-corrected chi connectivity index (χ3v) is 6.29. The summed E-state index contributed by atoms with van der Waals surface area (Å²) in [6.07, 6.45) is 10.9. The Morgan fingerprint density at radius 3 is 2.68 bits per heavy atom. The molecule has 0 amide bonds. The largest absolute Gasteiger partial charge is 0.428 e. The molecule has 4 nitrogen and oxygen atoms in total. The summed E-state index contributed by atoms with van der Waals surface area (Å²) in [6.45, 7) is 4.14.